The van der Waals surface area contributed by atoms with Crippen molar-refractivity contribution >= 4 is 23.4 Å². The van der Waals surface area contributed by atoms with Gasteiger partial charge in [0.05, 0.1) is 18.3 Å². The number of hydrogen-bond donors (Lipinski definition) is 2. The van der Waals surface area contributed by atoms with E-state index in [2.05, 4.69) is 52.5 Å². The molecule has 0 aliphatic carbocycles. The number of anilines is 1. The van der Waals surface area contributed by atoms with Gasteiger partial charge in [-0.25, -0.2) is 0 Å². The molecule has 0 bridgehead atoms. The van der Waals surface area contributed by atoms with Crippen LogP contribution in [0.3, 0.4) is 0 Å². The molecule has 184 valence electrons. The first-order chi connectivity index (χ1) is 16.6. The number of carbonyl (C=O) groups is 1. The average molecular weight is 465 g/mol. The summed E-state index contributed by atoms with van der Waals surface area (Å²) in [4.78, 5) is 15.2. The maximum absolute atomic E-state index is 8.00. The first-order valence-electron chi connectivity index (χ1n) is 12.1. The fraction of sp³-hybridized carbons (Fsp3) is 0.429. The van der Waals surface area contributed by atoms with Gasteiger partial charge in [0.1, 0.15) is 12.5 Å². The number of nitrogens with zero attached hydrogens (tertiary/aromatic N) is 2. The maximum Gasteiger partial charge on any atom is 0.141 e. The van der Waals surface area contributed by atoms with Crippen LogP contribution in [0.4, 0.5) is 5.69 Å². The van der Waals surface area contributed by atoms with Crippen LogP contribution in [-0.4, -0.2) is 49.5 Å². The number of fused-ring (bicyclic) bond motifs is 1. The van der Waals surface area contributed by atoms with E-state index in [4.69, 9.17) is 15.3 Å². The number of nitrogens with two attached hydrogens (primary N) is 1. The Labute approximate surface area is 204 Å². The smallest absolute Gasteiger partial charge is 0.141 e. The second-order valence-electron chi connectivity index (χ2n) is 8.32. The zero-order valence-corrected chi connectivity index (χ0v) is 21.1. The van der Waals surface area contributed by atoms with Crippen LogP contribution < -0.4 is 15.8 Å². The van der Waals surface area contributed by atoms with E-state index in [1.54, 1.807) is 7.11 Å². The predicted molar refractivity (Wildman–Crippen MR) is 142 cm³/mol. The van der Waals surface area contributed by atoms with Crippen LogP contribution in [0.2, 0.25) is 0 Å². The molecule has 1 fully saturated rings. The van der Waals surface area contributed by atoms with Gasteiger partial charge in [0.2, 0.25) is 0 Å². The molecule has 34 heavy (non-hydrogen) atoms. The highest BCUT2D eigenvalue weighted by molar-refractivity contribution is 5.82. The van der Waals surface area contributed by atoms with E-state index in [1.165, 1.54) is 34.9 Å². The summed E-state index contributed by atoms with van der Waals surface area (Å²) in [7, 11) is 1.65. The summed E-state index contributed by atoms with van der Waals surface area (Å²) in [6, 6.07) is 15.3. The van der Waals surface area contributed by atoms with Crippen molar-refractivity contribution in [1.82, 2.24) is 15.2 Å². The van der Waals surface area contributed by atoms with Gasteiger partial charge in [0, 0.05) is 30.7 Å². The Hall–Kier alpha value is -2.96. The Balaban J connectivity index is 0.000000970. The summed E-state index contributed by atoms with van der Waals surface area (Å²) >= 11 is 0. The number of nitrogen functional groups attached to an aromatic ring is 1. The topological polar surface area (TPSA) is 80.5 Å². The van der Waals surface area contributed by atoms with Gasteiger partial charge in [0.25, 0.3) is 0 Å². The molecule has 2 aromatic carbocycles. The van der Waals surface area contributed by atoms with E-state index in [0.717, 1.165) is 43.9 Å². The van der Waals surface area contributed by atoms with E-state index in [1.807, 2.05) is 39.0 Å². The predicted octanol–water partition coefficient (Wildman–Crippen LogP) is 4.77. The van der Waals surface area contributed by atoms with Crippen molar-refractivity contribution in [2.75, 3.05) is 32.5 Å². The highest BCUT2D eigenvalue weighted by Gasteiger charge is 2.19. The van der Waals surface area contributed by atoms with Crippen LogP contribution in [-0.2, 0) is 17.8 Å². The largest absolute Gasteiger partial charge is 0.495 e. The second kappa shape index (κ2) is 14.3. The molecule has 0 spiro atoms. The molecule has 6 heteroatoms. The molecular formula is C28H40N4O2. The number of pyridine rings is 1. The van der Waals surface area contributed by atoms with Crippen molar-refractivity contribution in [2.24, 2.45) is 0 Å². The number of benzene rings is 2. The quantitative estimate of drug-likeness (QED) is 0.490. The van der Waals surface area contributed by atoms with Crippen LogP contribution in [0.15, 0.2) is 48.7 Å². The lowest BCUT2D eigenvalue weighted by atomic mass is 10.0. The molecule has 0 unspecified atom stereocenters. The summed E-state index contributed by atoms with van der Waals surface area (Å²) in [6.07, 6.45) is 5.39. The Morgan fingerprint density at radius 3 is 2.56 bits per heavy atom. The number of hydrogen-bond acceptors (Lipinski definition) is 6. The molecule has 3 N–H and O–H groups in total. The molecule has 1 aliphatic rings. The molecule has 0 radical (unpaired) electrons. The van der Waals surface area contributed by atoms with Crippen molar-refractivity contribution in [1.29, 1.82) is 0 Å². The number of aryl methyl sites for hydroxylation is 1. The standard InChI is InChI=1S/C25H32N4O.C2H6.CH2O/c1-18-14-22-20(4-3-5-24(22)28-16-18)8-11-29-12-9-21(10-13-29)27-17-19-6-7-25(30-2)23(26)15-19;2*1-2/h3-7,14-16,21,27H,8-13,17,26H2,1-2H3;1-2H3;1H2. The molecule has 0 saturated carbocycles. The normalized spacial score (nSPS) is 14.0. The minimum Gasteiger partial charge on any atom is -0.495 e. The van der Waals surface area contributed by atoms with Crippen molar-refractivity contribution in [3.63, 3.8) is 0 Å². The highest BCUT2D eigenvalue weighted by Crippen LogP contribution is 2.23. The fourth-order valence-corrected chi connectivity index (χ4v) is 4.33. The Morgan fingerprint density at radius 2 is 1.88 bits per heavy atom. The van der Waals surface area contributed by atoms with Crippen molar-refractivity contribution in [3.05, 3.63) is 65.4 Å². The fourth-order valence-electron chi connectivity index (χ4n) is 4.33. The summed E-state index contributed by atoms with van der Waals surface area (Å²) in [5, 5.41) is 4.99. The number of piperidine rings is 1. The lowest BCUT2D eigenvalue weighted by molar-refractivity contribution is -0.0979. The monoisotopic (exact) mass is 464 g/mol. The van der Waals surface area contributed by atoms with Crippen LogP contribution in [0.25, 0.3) is 10.9 Å². The molecule has 0 atom stereocenters. The van der Waals surface area contributed by atoms with Gasteiger partial charge in [-0.1, -0.05) is 32.0 Å². The number of carbonyl (C=O) groups excluding carboxylic acids is 1. The zero-order valence-electron chi connectivity index (χ0n) is 21.1. The SMILES string of the molecule is C=O.CC.COc1ccc(CNC2CCN(CCc3cccc4ncc(C)cc34)CC2)cc1N. The van der Waals surface area contributed by atoms with E-state index in [-0.39, 0.29) is 0 Å². The minimum atomic E-state index is 0.564. The number of ether oxygens (including phenoxy) is 1. The molecule has 1 saturated heterocycles. The molecule has 0 amide bonds. The Bertz CT molecular complexity index is 1020. The molecule has 2 heterocycles. The average Bonchev–Trinajstić information content (AvgIpc) is 2.89. The van der Waals surface area contributed by atoms with Crippen LogP contribution in [0, 0.1) is 6.92 Å². The van der Waals surface area contributed by atoms with E-state index in [9.17, 15) is 0 Å². The van der Waals surface area contributed by atoms with Gasteiger partial charge in [-0.05, 0) is 80.2 Å². The van der Waals surface area contributed by atoms with Crippen molar-refractivity contribution < 1.29 is 9.53 Å². The number of likely N-dealkylation sites (tertiary alicyclic amines) is 1. The summed E-state index contributed by atoms with van der Waals surface area (Å²) in [5.41, 5.74) is 11.6. The van der Waals surface area contributed by atoms with Gasteiger partial charge < -0.3 is 25.5 Å². The molecule has 6 nitrogen and oxygen atoms in total. The highest BCUT2D eigenvalue weighted by atomic mass is 16.5. The Kier molecular flexibility index (Phi) is 11.5. The molecule has 3 aromatic rings. The van der Waals surface area contributed by atoms with E-state index >= 15 is 0 Å². The second-order valence-corrected chi connectivity index (χ2v) is 8.32. The minimum absolute atomic E-state index is 0.564. The first kappa shape index (κ1) is 27.3. The van der Waals surface area contributed by atoms with E-state index in [0.29, 0.717) is 11.7 Å². The van der Waals surface area contributed by atoms with Crippen molar-refractivity contribution in [3.8, 4) is 5.75 Å². The van der Waals surface area contributed by atoms with Crippen LogP contribution in [0.5, 0.6) is 5.75 Å². The van der Waals surface area contributed by atoms with Gasteiger partial charge in [0.15, 0.2) is 0 Å². The first-order valence-corrected chi connectivity index (χ1v) is 12.1. The third kappa shape index (κ3) is 7.54. The molecule has 4 rings (SSSR count). The molecule has 1 aromatic heterocycles. The molecule has 1 aliphatic heterocycles. The molecular weight excluding hydrogens is 424 g/mol. The van der Waals surface area contributed by atoms with Gasteiger partial charge in [-0.2, -0.15) is 0 Å². The summed E-state index contributed by atoms with van der Waals surface area (Å²) < 4.78 is 5.24. The maximum atomic E-state index is 8.00. The number of methoxy groups -OCH3 is 1. The van der Waals surface area contributed by atoms with Crippen LogP contribution in [0.1, 0.15) is 43.4 Å². The van der Waals surface area contributed by atoms with Crippen LogP contribution >= 0.6 is 0 Å². The summed E-state index contributed by atoms with van der Waals surface area (Å²) in [5.74, 6) is 0.740. The number of nitrogens with one attached hydrogen (secondary N) is 1. The third-order valence-corrected chi connectivity index (χ3v) is 6.13. The van der Waals surface area contributed by atoms with Gasteiger partial charge in [-0.3, -0.25) is 4.98 Å². The number of rotatable bonds is 7. The van der Waals surface area contributed by atoms with E-state index < -0.39 is 0 Å². The lowest BCUT2D eigenvalue weighted by Crippen LogP contribution is -2.42. The summed E-state index contributed by atoms with van der Waals surface area (Å²) in [6.45, 7) is 12.4. The van der Waals surface area contributed by atoms with Gasteiger partial charge >= 0.3 is 0 Å². The number of aromatic nitrogens is 1. The Morgan fingerprint density at radius 1 is 1.15 bits per heavy atom. The van der Waals surface area contributed by atoms with Gasteiger partial charge in [-0.15, -0.1) is 0 Å². The lowest BCUT2D eigenvalue weighted by Gasteiger charge is -2.32. The van der Waals surface area contributed by atoms with Crippen molar-refractivity contribution in [2.45, 2.75) is 52.6 Å². The zero-order chi connectivity index (χ0) is 24.9. The third-order valence-electron chi connectivity index (χ3n) is 6.13.